The molecular weight excluding hydrogens is 268 g/mol. The molecule has 1 unspecified atom stereocenters. The zero-order valence-electron chi connectivity index (χ0n) is 7.23. The highest BCUT2D eigenvalue weighted by atomic mass is 79.9. The molecule has 0 heterocycles. The van der Waals surface area contributed by atoms with Crippen molar-refractivity contribution in [1.29, 1.82) is 0 Å². The second kappa shape index (κ2) is 5.38. The smallest absolute Gasteiger partial charge is 0.173 e. The lowest BCUT2D eigenvalue weighted by molar-refractivity contribution is 0.102. The van der Waals surface area contributed by atoms with Crippen molar-refractivity contribution >= 4 is 32.8 Å². The summed E-state index contributed by atoms with van der Waals surface area (Å²) in [6.07, 6.45) is 0. The van der Waals surface area contributed by atoms with Gasteiger partial charge in [-0.15, -0.1) is 0 Å². The second-order valence-electron chi connectivity index (χ2n) is 2.70. The van der Waals surface area contributed by atoms with E-state index in [-0.39, 0.29) is 16.9 Å². The summed E-state index contributed by atoms with van der Waals surface area (Å²) in [5, 5.41) is 0.278. The van der Waals surface area contributed by atoms with Crippen molar-refractivity contribution in [3.63, 3.8) is 0 Å². The van der Waals surface area contributed by atoms with E-state index in [1.807, 2.05) is 0 Å². The van der Waals surface area contributed by atoms with Crippen LogP contribution in [0.15, 0.2) is 24.3 Å². The number of hydrogen-bond donors (Lipinski definition) is 0. The molecule has 14 heavy (non-hydrogen) atoms. The number of hydrogen-bond acceptors (Lipinski definition) is 3. The first-order valence-corrected chi connectivity index (χ1v) is 6.24. The van der Waals surface area contributed by atoms with Crippen molar-refractivity contribution in [1.82, 2.24) is 0 Å². The third-order valence-electron chi connectivity index (χ3n) is 1.68. The Labute approximate surface area is 92.9 Å². The predicted octanol–water partition coefficient (Wildman–Crippen LogP) is 1.64. The summed E-state index contributed by atoms with van der Waals surface area (Å²) >= 11 is 0.982. The minimum absolute atomic E-state index is 0.0111. The summed E-state index contributed by atoms with van der Waals surface area (Å²) in [6, 6.07) is 6.55. The van der Waals surface area contributed by atoms with Crippen molar-refractivity contribution in [3.05, 3.63) is 35.4 Å². The van der Waals surface area contributed by atoms with Gasteiger partial charge in [0, 0.05) is 11.3 Å². The number of halogens is 1. The molecule has 0 aliphatic rings. The summed E-state index contributed by atoms with van der Waals surface area (Å²) in [7, 11) is 0. The first kappa shape index (κ1) is 11.6. The molecule has 0 fully saturated rings. The number of rotatable bonds is 4. The first-order chi connectivity index (χ1) is 6.63. The number of benzene rings is 1. The van der Waals surface area contributed by atoms with Crippen molar-refractivity contribution in [2.75, 3.05) is 5.33 Å². The maximum Gasteiger partial charge on any atom is 0.173 e. The molecular formula is C9H8BrO3S-. The van der Waals surface area contributed by atoms with Crippen LogP contribution in [0.25, 0.3) is 0 Å². The van der Waals surface area contributed by atoms with E-state index in [0.29, 0.717) is 11.1 Å². The monoisotopic (exact) mass is 275 g/mol. The van der Waals surface area contributed by atoms with Gasteiger partial charge in [0.2, 0.25) is 0 Å². The summed E-state index contributed by atoms with van der Waals surface area (Å²) < 4.78 is 20.7. The van der Waals surface area contributed by atoms with Crippen molar-refractivity contribution < 1.29 is 13.6 Å². The number of carbonyl (C=O) groups excluding carboxylic acids is 1. The minimum Gasteiger partial charge on any atom is -0.772 e. The summed E-state index contributed by atoms with van der Waals surface area (Å²) in [5.41, 5.74) is 1.27. The van der Waals surface area contributed by atoms with Crippen LogP contribution in [0.3, 0.4) is 0 Å². The van der Waals surface area contributed by atoms with Crippen LogP contribution in [-0.4, -0.2) is 19.9 Å². The minimum atomic E-state index is -2.08. The van der Waals surface area contributed by atoms with Crippen LogP contribution < -0.4 is 0 Å². The molecule has 0 saturated carbocycles. The van der Waals surface area contributed by atoms with Gasteiger partial charge in [-0.25, -0.2) is 0 Å². The molecule has 0 bridgehead atoms. The Morgan fingerprint density at radius 2 is 1.93 bits per heavy atom. The topological polar surface area (TPSA) is 57.2 Å². The van der Waals surface area contributed by atoms with Gasteiger partial charge < -0.3 is 4.55 Å². The second-order valence-corrected chi connectivity index (χ2v) is 4.16. The van der Waals surface area contributed by atoms with E-state index in [0.717, 1.165) is 0 Å². The van der Waals surface area contributed by atoms with E-state index < -0.39 is 11.1 Å². The third kappa shape index (κ3) is 3.32. The molecule has 1 aromatic carbocycles. The lowest BCUT2D eigenvalue weighted by Crippen LogP contribution is -2.00. The Balaban J connectivity index is 2.78. The van der Waals surface area contributed by atoms with Crippen LogP contribution >= 0.6 is 15.9 Å². The number of Topliss-reactive ketones (excluding diaryl/α,β-unsaturated/α-hetero) is 1. The zero-order chi connectivity index (χ0) is 10.6. The fourth-order valence-electron chi connectivity index (χ4n) is 1.00. The van der Waals surface area contributed by atoms with Gasteiger partial charge in [-0.1, -0.05) is 51.3 Å². The Kier molecular flexibility index (Phi) is 4.44. The SMILES string of the molecule is O=C(CBr)c1ccc(CS(=O)[O-])cc1. The van der Waals surface area contributed by atoms with Crippen LogP contribution in [0.1, 0.15) is 15.9 Å². The highest BCUT2D eigenvalue weighted by molar-refractivity contribution is 9.09. The van der Waals surface area contributed by atoms with Gasteiger partial charge in [0.1, 0.15) is 0 Å². The number of carbonyl (C=O) groups is 1. The quantitative estimate of drug-likeness (QED) is 0.477. The summed E-state index contributed by atoms with van der Waals surface area (Å²) in [4.78, 5) is 11.2. The lowest BCUT2D eigenvalue weighted by Gasteiger charge is -2.05. The van der Waals surface area contributed by atoms with Gasteiger partial charge in [-0.3, -0.25) is 9.00 Å². The van der Waals surface area contributed by atoms with E-state index in [2.05, 4.69) is 15.9 Å². The molecule has 0 aliphatic carbocycles. The highest BCUT2D eigenvalue weighted by Gasteiger charge is 2.02. The van der Waals surface area contributed by atoms with Crippen molar-refractivity contribution in [2.24, 2.45) is 0 Å². The highest BCUT2D eigenvalue weighted by Crippen LogP contribution is 2.07. The van der Waals surface area contributed by atoms with Crippen LogP contribution in [0.2, 0.25) is 0 Å². The predicted molar refractivity (Wildman–Crippen MR) is 57.2 cm³/mol. The molecule has 0 spiro atoms. The van der Waals surface area contributed by atoms with Crippen LogP contribution in [-0.2, 0) is 16.8 Å². The third-order valence-corrected chi connectivity index (χ3v) is 2.76. The summed E-state index contributed by atoms with van der Waals surface area (Å²) in [6.45, 7) is 0. The molecule has 0 aromatic heterocycles. The Bertz CT molecular complexity index is 348. The standard InChI is InChI=1S/C9H9BrO3S/c10-5-9(11)8-3-1-7(2-4-8)6-14(12)13/h1-4H,5-6H2,(H,12,13)/p-1. The first-order valence-electron chi connectivity index (χ1n) is 3.87. The van der Waals surface area contributed by atoms with E-state index in [1.165, 1.54) is 0 Å². The van der Waals surface area contributed by atoms with E-state index >= 15 is 0 Å². The average Bonchev–Trinajstić information content (AvgIpc) is 2.17. The van der Waals surface area contributed by atoms with Gasteiger partial charge >= 0.3 is 0 Å². The molecule has 3 nitrogen and oxygen atoms in total. The zero-order valence-corrected chi connectivity index (χ0v) is 9.64. The molecule has 0 N–H and O–H groups in total. The molecule has 0 saturated heterocycles. The van der Waals surface area contributed by atoms with E-state index in [1.54, 1.807) is 24.3 Å². The number of alkyl halides is 1. The molecule has 0 amide bonds. The van der Waals surface area contributed by atoms with Crippen LogP contribution in [0, 0.1) is 0 Å². The molecule has 5 heteroatoms. The maximum absolute atomic E-state index is 11.2. The van der Waals surface area contributed by atoms with Gasteiger partial charge in [0.25, 0.3) is 0 Å². The fraction of sp³-hybridized carbons (Fsp3) is 0.222. The maximum atomic E-state index is 11.2. The Morgan fingerprint density at radius 3 is 2.36 bits per heavy atom. The molecule has 0 aliphatic heterocycles. The Morgan fingerprint density at radius 1 is 1.36 bits per heavy atom. The van der Waals surface area contributed by atoms with Gasteiger partial charge in [0.05, 0.1) is 5.33 Å². The van der Waals surface area contributed by atoms with Gasteiger partial charge in [0.15, 0.2) is 5.78 Å². The molecule has 1 rings (SSSR count). The fourth-order valence-corrected chi connectivity index (χ4v) is 1.79. The van der Waals surface area contributed by atoms with Gasteiger partial charge in [-0.05, 0) is 5.56 Å². The molecule has 1 aromatic rings. The van der Waals surface area contributed by atoms with E-state index in [4.69, 9.17) is 0 Å². The van der Waals surface area contributed by atoms with Gasteiger partial charge in [-0.2, -0.15) is 0 Å². The van der Waals surface area contributed by atoms with E-state index in [9.17, 15) is 13.6 Å². The lowest BCUT2D eigenvalue weighted by atomic mass is 10.1. The largest absolute Gasteiger partial charge is 0.772 e. The van der Waals surface area contributed by atoms with Crippen LogP contribution in [0.4, 0.5) is 0 Å². The Hall–Kier alpha value is -0.520. The molecule has 1 atom stereocenters. The average molecular weight is 276 g/mol. The normalized spacial score (nSPS) is 12.4. The van der Waals surface area contributed by atoms with Crippen molar-refractivity contribution in [2.45, 2.75) is 5.75 Å². The molecule has 76 valence electrons. The number of ketones is 1. The molecule has 0 radical (unpaired) electrons. The van der Waals surface area contributed by atoms with Crippen molar-refractivity contribution in [3.8, 4) is 0 Å². The summed E-state index contributed by atoms with van der Waals surface area (Å²) in [5.74, 6) is -0.0252. The van der Waals surface area contributed by atoms with Crippen LogP contribution in [0.5, 0.6) is 0 Å².